The molecule has 0 unspecified atom stereocenters. The van der Waals surface area contributed by atoms with Gasteiger partial charge in [0, 0.05) is 33.5 Å². The zero-order valence-corrected chi connectivity index (χ0v) is 28.6. The van der Waals surface area contributed by atoms with Gasteiger partial charge in [-0.05, 0) is 157 Å². The molecule has 0 bridgehead atoms. The summed E-state index contributed by atoms with van der Waals surface area (Å²) >= 11 is 0. The molecule has 8 rings (SSSR count). The Morgan fingerprint density at radius 1 is 0.333 bits per heavy atom. The fourth-order valence-electron chi connectivity index (χ4n) is 7.45. The predicted molar refractivity (Wildman–Crippen MR) is 208 cm³/mol. The van der Waals surface area contributed by atoms with Crippen molar-refractivity contribution in [1.82, 2.24) is 0 Å². The van der Waals surface area contributed by atoms with E-state index in [-0.39, 0.29) is 0 Å². The number of nitrogens with zero attached hydrogens (tertiary/aromatic N) is 2. The highest BCUT2D eigenvalue weighted by Gasteiger charge is 2.22. The number of para-hydroxylation sites is 2. The highest BCUT2D eigenvalue weighted by Crippen LogP contribution is 2.47. The van der Waals surface area contributed by atoms with Gasteiger partial charge in [-0.25, -0.2) is 0 Å². The van der Waals surface area contributed by atoms with Gasteiger partial charge in [-0.15, -0.1) is 0 Å². The van der Waals surface area contributed by atoms with Gasteiger partial charge in [0.05, 0.1) is 11.4 Å². The van der Waals surface area contributed by atoms with Gasteiger partial charge in [0.25, 0.3) is 0 Å². The molecule has 2 heteroatoms. The van der Waals surface area contributed by atoms with Crippen molar-refractivity contribution in [3.05, 3.63) is 167 Å². The van der Waals surface area contributed by atoms with Gasteiger partial charge in [-0.3, -0.25) is 0 Å². The summed E-state index contributed by atoms with van der Waals surface area (Å²) < 4.78 is 0. The lowest BCUT2D eigenvalue weighted by molar-refractivity contribution is 1.22. The second-order valence-electron chi connectivity index (χ2n) is 13.3. The van der Waals surface area contributed by atoms with Crippen LogP contribution < -0.4 is 9.80 Å². The van der Waals surface area contributed by atoms with Crippen LogP contribution in [-0.4, -0.2) is 0 Å². The lowest BCUT2D eigenvalue weighted by atomic mass is 9.91. The first-order chi connectivity index (χ1) is 23.3. The van der Waals surface area contributed by atoms with Gasteiger partial charge in [-0.2, -0.15) is 0 Å². The molecule has 0 aliphatic carbocycles. The zero-order chi connectivity index (χ0) is 33.1. The molecule has 0 heterocycles. The smallest absolute Gasteiger partial charge is 0.0540 e. The second kappa shape index (κ2) is 11.6. The summed E-state index contributed by atoms with van der Waals surface area (Å²) in [7, 11) is 0. The zero-order valence-electron chi connectivity index (χ0n) is 28.6. The van der Waals surface area contributed by atoms with Crippen LogP contribution in [0.4, 0.5) is 34.1 Å². The third-order valence-electron chi connectivity index (χ3n) is 10.5. The maximum Gasteiger partial charge on any atom is 0.0540 e. The average Bonchev–Trinajstić information content (AvgIpc) is 3.10. The SMILES string of the molecule is Cc1cc(N(c2ccccc2)c2ccc3ccc4c(N(c5ccccc5)c5cc(C)c(C)c(C)c5)ccc5ccc2c3c54)cc(C)c1C. The van der Waals surface area contributed by atoms with Crippen LogP contribution >= 0.6 is 0 Å². The van der Waals surface area contributed by atoms with Crippen molar-refractivity contribution in [2.75, 3.05) is 9.80 Å². The molecule has 0 saturated heterocycles. The summed E-state index contributed by atoms with van der Waals surface area (Å²) in [4.78, 5) is 4.86. The van der Waals surface area contributed by atoms with E-state index < -0.39 is 0 Å². The first-order valence-electron chi connectivity index (χ1n) is 16.9. The Kier molecular flexibility index (Phi) is 7.18. The van der Waals surface area contributed by atoms with Crippen molar-refractivity contribution in [3.8, 4) is 0 Å². The quantitative estimate of drug-likeness (QED) is 0.171. The van der Waals surface area contributed by atoms with Crippen molar-refractivity contribution in [3.63, 3.8) is 0 Å². The van der Waals surface area contributed by atoms with Crippen molar-refractivity contribution < 1.29 is 0 Å². The molecule has 0 N–H and O–H groups in total. The molecule has 8 aromatic carbocycles. The Hall–Kier alpha value is -5.60. The summed E-state index contributed by atoms with van der Waals surface area (Å²) in [6.45, 7) is 13.3. The van der Waals surface area contributed by atoms with Crippen LogP contribution in [0.2, 0.25) is 0 Å². The molecule has 48 heavy (non-hydrogen) atoms. The number of rotatable bonds is 6. The number of anilines is 6. The lowest BCUT2D eigenvalue weighted by Gasteiger charge is -2.30. The molecule has 2 nitrogen and oxygen atoms in total. The minimum atomic E-state index is 1.15. The first kappa shape index (κ1) is 29.8. The van der Waals surface area contributed by atoms with Crippen LogP contribution in [0, 0.1) is 41.5 Å². The van der Waals surface area contributed by atoms with E-state index in [0.717, 1.165) is 11.4 Å². The first-order valence-corrected chi connectivity index (χ1v) is 16.9. The van der Waals surface area contributed by atoms with Gasteiger partial charge in [0.1, 0.15) is 0 Å². The molecule has 234 valence electrons. The Morgan fingerprint density at radius 2 is 0.667 bits per heavy atom. The molecular weight excluding hydrogens is 581 g/mol. The van der Waals surface area contributed by atoms with Crippen LogP contribution in [0.25, 0.3) is 32.3 Å². The lowest BCUT2D eigenvalue weighted by Crippen LogP contribution is -2.12. The van der Waals surface area contributed by atoms with E-state index >= 15 is 0 Å². The molecule has 0 aliphatic heterocycles. The van der Waals surface area contributed by atoms with Crippen molar-refractivity contribution in [1.29, 1.82) is 0 Å². The molecule has 0 fully saturated rings. The molecule has 0 aliphatic rings. The molecule has 0 radical (unpaired) electrons. The summed E-state index contributed by atoms with van der Waals surface area (Å²) in [6.07, 6.45) is 0. The van der Waals surface area contributed by atoms with Crippen LogP contribution in [0.15, 0.2) is 133 Å². The fraction of sp³-hybridized carbons (Fsp3) is 0.130. The van der Waals surface area contributed by atoms with E-state index in [4.69, 9.17) is 0 Å². The van der Waals surface area contributed by atoms with E-state index in [0.29, 0.717) is 0 Å². The van der Waals surface area contributed by atoms with Gasteiger partial charge >= 0.3 is 0 Å². The average molecular weight is 621 g/mol. The molecule has 0 spiro atoms. The molecule has 0 saturated carbocycles. The van der Waals surface area contributed by atoms with Gasteiger partial charge in [0.2, 0.25) is 0 Å². The summed E-state index contributed by atoms with van der Waals surface area (Å²) in [6, 6.07) is 49.3. The maximum atomic E-state index is 2.43. The number of benzene rings is 8. The number of hydrogen-bond acceptors (Lipinski definition) is 2. The Morgan fingerprint density at radius 3 is 1.02 bits per heavy atom. The van der Waals surface area contributed by atoms with Crippen molar-refractivity contribution in [2.45, 2.75) is 41.5 Å². The third kappa shape index (κ3) is 4.79. The van der Waals surface area contributed by atoms with Crippen LogP contribution in [0.1, 0.15) is 33.4 Å². The summed E-state index contributed by atoms with van der Waals surface area (Å²) in [5.41, 5.74) is 14.9. The topological polar surface area (TPSA) is 6.48 Å². The normalized spacial score (nSPS) is 11.5. The third-order valence-corrected chi connectivity index (χ3v) is 10.5. The van der Waals surface area contributed by atoms with Crippen LogP contribution in [0.5, 0.6) is 0 Å². The van der Waals surface area contributed by atoms with Crippen LogP contribution in [-0.2, 0) is 0 Å². The van der Waals surface area contributed by atoms with Gasteiger partial charge < -0.3 is 9.80 Å². The molecular formula is C46H40N2. The van der Waals surface area contributed by atoms with Gasteiger partial charge in [0.15, 0.2) is 0 Å². The Balaban J connectivity index is 1.42. The van der Waals surface area contributed by atoms with Crippen molar-refractivity contribution >= 4 is 66.4 Å². The minimum absolute atomic E-state index is 1.15. The van der Waals surface area contributed by atoms with Gasteiger partial charge in [-0.1, -0.05) is 72.8 Å². The largest absolute Gasteiger partial charge is 0.310 e. The highest BCUT2D eigenvalue weighted by molar-refractivity contribution is 6.28. The van der Waals surface area contributed by atoms with E-state index in [1.165, 1.54) is 88.4 Å². The fourth-order valence-corrected chi connectivity index (χ4v) is 7.45. The number of hydrogen-bond donors (Lipinski definition) is 0. The second-order valence-corrected chi connectivity index (χ2v) is 13.3. The molecule has 8 aromatic rings. The number of aryl methyl sites for hydroxylation is 4. The van der Waals surface area contributed by atoms with E-state index in [9.17, 15) is 0 Å². The van der Waals surface area contributed by atoms with E-state index in [2.05, 4.69) is 185 Å². The van der Waals surface area contributed by atoms with Crippen molar-refractivity contribution in [2.24, 2.45) is 0 Å². The standard InChI is InChI=1S/C46H40N2/c1-29-25-39(26-30(2)33(29)5)47(37-13-9-7-10-14-37)43-23-19-35-18-22-42-44(24-20-36-17-21-41(43)45(35)46(36)42)48(38-15-11-8-12-16-38)40-27-31(3)34(6)32(4)28-40/h7-28H,1-6H3. The van der Waals surface area contributed by atoms with E-state index in [1.54, 1.807) is 0 Å². The maximum absolute atomic E-state index is 2.43. The summed E-state index contributed by atoms with van der Waals surface area (Å²) in [5, 5.41) is 7.60. The van der Waals surface area contributed by atoms with Crippen LogP contribution in [0.3, 0.4) is 0 Å². The molecule has 0 amide bonds. The highest BCUT2D eigenvalue weighted by atomic mass is 15.1. The molecule has 0 aromatic heterocycles. The van der Waals surface area contributed by atoms with E-state index in [1.807, 2.05) is 0 Å². The Labute approximate surface area is 283 Å². The monoisotopic (exact) mass is 620 g/mol. The minimum Gasteiger partial charge on any atom is -0.310 e. The predicted octanol–water partition coefficient (Wildman–Crippen LogP) is 13.4. The Bertz CT molecular complexity index is 2240. The summed E-state index contributed by atoms with van der Waals surface area (Å²) in [5.74, 6) is 0. The molecule has 0 atom stereocenters.